The van der Waals surface area contributed by atoms with Gasteiger partial charge in [-0.1, -0.05) is 0 Å². The summed E-state index contributed by atoms with van der Waals surface area (Å²) in [5.41, 5.74) is -0.0481. The summed E-state index contributed by atoms with van der Waals surface area (Å²) < 4.78 is 0. The van der Waals surface area contributed by atoms with Crippen molar-refractivity contribution < 1.29 is 4.79 Å². The van der Waals surface area contributed by atoms with Crippen LogP contribution in [0.25, 0.3) is 0 Å². The summed E-state index contributed by atoms with van der Waals surface area (Å²) in [5.74, 6) is -0.0708. The highest BCUT2D eigenvalue weighted by Gasteiger charge is 2.38. The summed E-state index contributed by atoms with van der Waals surface area (Å²) in [7, 11) is 0. The standard InChI is InChI=1S/C17H28N4O3/c1-10-12(14(23)20-15(24)18-10)6-7-13(22)19-11-8-16(2,3)21-17(4,5)9-11/h11,21H,6-9H2,1-5H3,(H,19,22)(H2,18,20,23,24). The molecule has 4 N–H and O–H groups in total. The summed E-state index contributed by atoms with van der Waals surface area (Å²) in [5, 5.41) is 6.67. The average molecular weight is 336 g/mol. The van der Waals surface area contributed by atoms with E-state index in [-0.39, 0.29) is 29.4 Å². The van der Waals surface area contributed by atoms with Gasteiger partial charge in [0, 0.05) is 34.8 Å². The topological polar surface area (TPSA) is 107 Å². The number of carbonyl (C=O) groups excluding carboxylic acids is 1. The minimum absolute atomic E-state index is 0.0354. The van der Waals surface area contributed by atoms with Gasteiger partial charge in [-0.05, 0) is 53.9 Å². The maximum Gasteiger partial charge on any atom is 0.325 e. The van der Waals surface area contributed by atoms with Crippen LogP contribution in [0.2, 0.25) is 0 Å². The molecule has 0 aliphatic carbocycles. The van der Waals surface area contributed by atoms with Crippen LogP contribution in [0.1, 0.15) is 58.2 Å². The number of aryl methyl sites for hydroxylation is 1. The third-order valence-corrected chi connectivity index (χ3v) is 4.41. The van der Waals surface area contributed by atoms with Crippen molar-refractivity contribution in [1.82, 2.24) is 20.6 Å². The number of hydrogen-bond acceptors (Lipinski definition) is 4. The quantitative estimate of drug-likeness (QED) is 0.650. The molecule has 1 aliphatic heterocycles. The summed E-state index contributed by atoms with van der Waals surface area (Å²) in [6, 6.07) is 0.110. The van der Waals surface area contributed by atoms with E-state index >= 15 is 0 Å². The van der Waals surface area contributed by atoms with Crippen LogP contribution < -0.4 is 21.9 Å². The molecule has 0 radical (unpaired) electrons. The number of rotatable bonds is 4. The third kappa shape index (κ3) is 4.80. The Bertz CT molecular complexity index is 714. The fraction of sp³-hybridized carbons (Fsp3) is 0.706. The predicted octanol–water partition coefficient (Wildman–Crippen LogP) is 0.730. The molecule has 0 unspecified atom stereocenters. The molecular formula is C17H28N4O3. The van der Waals surface area contributed by atoms with E-state index in [0.29, 0.717) is 17.7 Å². The lowest BCUT2D eigenvalue weighted by molar-refractivity contribution is -0.122. The van der Waals surface area contributed by atoms with Gasteiger partial charge < -0.3 is 15.6 Å². The zero-order chi connectivity index (χ0) is 18.1. The highest BCUT2D eigenvalue weighted by atomic mass is 16.2. The first-order valence-corrected chi connectivity index (χ1v) is 8.38. The van der Waals surface area contributed by atoms with Gasteiger partial charge in [0.25, 0.3) is 5.56 Å². The smallest absolute Gasteiger partial charge is 0.325 e. The Morgan fingerprint density at radius 1 is 1.12 bits per heavy atom. The van der Waals surface area contributed by atoms with Crippen LogP contribution in [0, 0.1) is 6.92 Å². The molecule has 0 saturated carbocycles. The first-order valence-electron chi connectivity index (χ1n) is 8.38. The van der Waals surface area contributed by atoms with E-state index in [1.807, 2.05) is 0 Å². The molecular weight excluding hydrogens is 308 g/mol. The van der Waals surface area contributed by atoms with Crippen molar-refractivity contribution in [3.8, 4) is 0 Å². The number of hydrogen-bond donors (Lipinski definition) is 4. The number of nitrogens with one attached hydrogen (secondary N) is 4. The van der Waals surface area contributed by atoms with Gasteiger partial charge in [-0.25, -0.2) is 4.79 Å². The van der Waals surface area contributed by atoms with E-state index in [2.05, 4.69) is 48.3 Å². The van der Waals surface area contributed by atoms with Crippen LogP contribution in [0.3, 0.4) is 0 Å². The van der Waals surface area contributed by atoms with E-state index in [0.717, 1.165) is 12.8 Å². The fourth-order valence-electron chi connectivity index (χ4n) is 3.89. The molecule has 1 saturated heterocycles. The summed E-state index contributed by atoms with van der Waals surface area (Å²) >= 11 is 0. The summed E-state index contributed by atoms with van der Waals surface area (Å²) in [4.78, 5) is 40.0. The van der Waals surface area contributed by atoms with Crippen LogP contribution in [0.5, 0.6) is 0 Å². The summed E-state index contributed by atoms with van der Waals surface area (Å²) in [6.45, 7) is 10.2. The molecule has 1 aliphatic rings. The fourth-order valence-corrected chi connectivity index (χ4v) is 3.89. The zero-order valence-corrected chi connectivity index (χ0v) is 15.1. The van der Waals surface area contributed by atoms with Gasteiger partial charge in [0.05, 0.1) is 0 Å². The molecule has 0 spiro atoms. The zero-order valence-electron chi connectivity index (χ0n) is 15.1. The molecule has 24 heavy (non-hydrogen) atoms. The first-order chi connectivity index (χ1) is 11.0. The van der Waals surface area contributed by atoms with Gasteiger partial charge in [0.2, 0.25) is 5.91 Å². The molecule has 7 heteroatoms. The van der Waals surface area contributed by atoms with E-state index in [9.17, 15) is 14.4 Å². The van der Waals surface area contributed by atoms with Crippen LogP contribution in [0.4, 0.5) is 0 Å². The Morgan fingerprint density at radius 2 is 1.71 bits per heavy atom. The third-order valence-electron chi connectivity index (χ3n) is 4.41. The number of aromatic nitrogens is 2. The van der Waals surface area contributed by atoms with Crippen LogP contribution in [-0.4, -0.2) is 33.0 Å². The minimum atomic E-state index is -0.523. The van der Waals surface area contributed by atoms with Crippen LogP contribution in [-0.2, 0) is 11.2 Å². The van der Waals surface area contributed by atoms with Crippen molar-refractivity contribution >= 4 is 5.91 Å². The van der Waals surface area contributed by atoms with Gasteiger partial charge in [0.15, 0.2) is 0 Å². The Kier molecular flexibility index (Phi) is 5.03. The highest BCUT2D eigenvalue weighted by molar-refractivity contribution is 5.76. The maximum atomic E-state index is 12.3. The molecule has 1 aromatic rings. The van der Waals surface area contributed by atoms with Crippen LogP contribution >= 0.6 is 0 Å². The second-order valence-electron chi connectivity index (χ2n) is 8.08. The molecule has 2 heterocycles. The largest absolute Gasteiger partial charge is 0.353 e. The Hall–Kier alpha value is -1.89. The van der Waals surface area contributed by atoms with Crippen molar-refractivity contribution in [2.75, 3.05) is 0 Å². The number of aromatic amines is 2. The van der Waals surface area contributed by atoms with E-state index in [1.165, 1.54) is 0 Å². The van der Waals surface area contributed by atoms with Gasteiger partial charge in [-0.3, -0.25) is 14.6 Å². The SMILES string of the molecule is Cc1[nH]c(=O)[nH]c(=O)c1CCC(=O)NC1CC(C)(C)NC(C)(C)C1. The molecule has 7 nitrogen and oxygen atoms in total. The Labute approximate surface area is 141 Å². The molecule has 0 atom stereocenters. The van der Waals surface area contributed by atoms with E-state index < -0.39 is 11.2 Å². The van der Waals surface area contributed by atoms with Crippen molar-refractivity contribution in [1.29, 1.82) is 0 Å². The Balaban J connectivity index is 1.97. The van der Waals surface area contributed by atoms with Crippen LogP contribution in [0.15, 0.2) is 9.59 Å². The second kappa shape index (κ2) is 6.55. The minimum Gasteiger partial charge on any atom is -0.353 e. The first kappa shape index (κ1) is 18.4. The molecule has 0 aromatic carbocycles. The lowest BCUT2D eigenvalue weighted by atomic mass is 9.79. The normalized spacial score (nSPS) is 19.9. The second-order valence-corrected chi connectivity index (χ2v) is 8.08. The molecule has 1 aromatic heterocycles. The monoisotopic (exact) mass is 336 g/mol. The Morgan fingerprint density at radius 3 is 2.25 bits per heavy atom. The van der Waals surface area contributed by atoms with Crippen molar-refractivity contribution in [3.63, 3.8) is 0 Å². The van der Waals surface area contributed by atoms with Crippen molar-refractivity contribution in [2.45, 2.75) is 77.4 Å². The molecule has 1 fully saturated rings. The van der Waals surface area contributed by atoms with E-state index in [1.54, 1.807) is 6.92 Å². The van der Waals surface area contributed by atoms with Gasteiger partial charge in [0.1, 0.15) is 0 Å². The maximum absolute atomic E-state index is 12.3. The number of amides is 1. The molecule has 0 bridgehead atoms. The van der Waals surface area contributed by atoms with Gasteiger partial charge >= 0.3 is 5.69 Å². The number of carbonyl (C=O) groups is 1. The lowest BCUT2D eigenvalue weighted by Crippen LogP contribution is -2.62. The molecule has 134 valence electrons. The number of piperidine rings is 1. The van der Waals surface area contributed by atoms with E-state index in [4.69, 9.17) is 0 Å². The highest BCUT2D eigenvalue weighted by Crippen LogP contribution is 2.28. The van der Waals surface area contributed by atoms with Gasteiger partial charge in [-0.2, -0.15) is 0 Å². The van der Waals surface area contributed by atoms with Crippen molar-refractivity contribution in [2.24, 2.45) is 0 Å². The number of H-pyrrole nitrogens is 2. The molecule has 1 amide bonds. The predicted molar refractivity (Wildman–Crippen MR) is 93.2 cm³/mol. The lowest BCUT2D eigenvalue weighted by Gasteiger charge is -2.46. The average Bonchev–Trinajstić information content (AvgIpc) is 2.32. The van der Waals surface area contributed by atoms with Gasteiger partial charge in [-0.15, -0.1) is 0 Å². The summed E-state index contributed by atoms with van der Waals surface area (Å²) in [6.07, 6.45) is 2.25. The molecule has 2 rings (SSSR count). The van der Waals surface area contributed by atoms with Crippen molar-refractivity contribution in [3.05, 3.63) is 32.1 Å².